The van der Waals surface area contributed by atoms with Crippen LogP contribution in [-0.4, -0.2) is 47.7 Å². The fourth-order valence-electron chi connectivity index (χ4n) is 2.37. The van der Waals surface area contributed by atoms with Gasteiger partial charge in [-0.3, -0.25) is 9.59 Å². The molecule has 0 saturated carbocycles. The number of carbonyl (C=O) groups is 2. The summed E-state index contributed by atoms with van der Waals surface area (Å²) in [7, 11) is 1.60. The summed E-state index contributed by atoms with van der Waals surface area (Å²) in [5, 5.41) is 8.91. The van der Waals surface area contributed by atoms with Crippen molar-refractivity contribution in [2.45, 2.75) is 58.6 Å². The Balaban J connectivity index is 2.61. The minimum atomic E-state index is -0.865. The number of carboxylic acid groups (broad SMARTS) is 1. The molecule has 19 heavy (non-hydrogen) atoms. The highest BCUT2D eigenvalue weighted by Crippen LogP contribution is 2.26. The summed E-state index contributed by atoms with van der Waals surface area (Å²) in [6.45, 7) is 6.79. The number of amides is 1. The third-order valence-electron chi connectivity index (χ3n) is 3.53. The molecule has 2 unspecified atom stereocenters. The van der Waals surface area contributed by atoms with Crippen LogP contribution in [0.2, 0.25) is 0 Å². The Bertz CT molecular complexity index is 335. The normalized spacial score (nSPS) is 23.7. The second-order valence-corrected chi connectivity index (χ2v) is 6.45. The van der Waals surface area contributed by atoms with Gasteiger partial charge in [-0.2, -0.15) is 0 Å². The summed E-state index contributed by atoms with van der Waals surface area (Å²) >= 11 is 0. The third-order valence-corrected chi connectivity index (χ3v) is 3.53. The second-order valence-electron chi connectivity index (χ2n) is 6.45. The quantitative estimate of drug-likeness (QED) is 0.829. The molecule has 1 aliphatic heterocycles. The van der Waals surface area contributed by atoms with Crippen LogP contribution < -0.4 is 0 Å². The summed E-state index contributed by atoms with van der Waals surface area (Å²) in [5.74, 6) is -0.823. The zero-order chi connectivity index (χ0) is 14.6. The fraction of sp³-hybridized carbons (Fsp3) is 0.857. The summed E-state index contributed by atoms with van der Waals surface area (Å²) in [6.07, 6.45) is 1.85. The van der Waals surface area contributed by atoms with Gasteiger partial charge in [-0.1, -0.05) is 20.8 Å². The first-order chi connectivity index (χ1) is 8.73. The predicted octanol–water partition coefficient (Wildman–Crippen LogP) is 1.90. The standard InChI is InChI=1S/C14H25NO4/c1-14(2,3)6-5-12(16)15-9-11(19-4)7-10(15)8-13(17)18/h10-11H,5-9H2,1-4H3,(H,17,18). The lowest BCUT2D eigenvalue weighted by Gasteiger charge is -2.25. The molecule has 0 aliphatic carbocycles. The average Bonchev–Trinajstić information content (AvgIpc) is 2.67. The van der Waals surface area contributed by atoms with E-state index < -0.39 is 5.97 Å². The van der Waals surface area contributed by atoms with Crippen LogP contribution in [0.4, 0.5) is 0 Å². The van der Waals surface area contributed by atoms with E-state index in [9.17, 15) is 9.59 Å². The molecule has 1 fully saturated rings. The Morgan fingerprint density at radius 3 is 2.47 bits per heavy atom. The Hall–Kier alpha value is -1.10. The number of methoxy groups -OCH3 is 1. The van der Waals surface area contributed by atoms with Gasteiger partial charge in [0.25, 0.3) is 0 Å². The van der Waals surface area contributed by atoms with Crippen molar-refractivity contribution < 1.29 is 19.4 Å². The summed E-state index contributed by atoms with van der Waals surface area (Å²) in [4.78, 5) is 24.8. The van der Waals surface area contributed by atoms with Crippen LogP contribution in [0, 0.1) is 5.41 Å². The van der Waals surface area contributed by atoms with Crippen molar-refractivity contribution >= 4 is 11.9 Å². The molecule has 0 aromatic heterocycles. The van der Waals surface area contributed by atoms with E-state index in [4.69, 9.17) is 9.84 Å². The zero-order valence-corrected chi connectivity index (χ0v) is 12.3. The number of likely N-dealkylation sites (tertiary alicyclic amines) is 1. The van der Waals surface area contributed by atoms with Crippen LogP contribution in [-0.2, 0) is 14.3 Å². The minimum Gasteiger partial charge on any atom is -0.481 e. The van der Waals surface area contributed by atoms with Gasteiger partial charge in [0, 0.05) is 26.1 Å². The number of hydrogen-bond donors (Lipinski definition) is 1. The molecule has 5 nitrogen and oxygen atoms in total. The smallest absolute Gasteiger partial charge is 0.305 e. The van der Waals surface area contributed by atoms with Crippen LogP contribution in [0.15, 0.2) is 0 Å². The van der Waals surface area contributed by atoms with Crippen LogP contribution >= 0.6 is 0 Å². The van der Waals surface area contributed by atoms with Crippen LogP contribution in [0.5, 0.6) is 0 Å². The highest BCUT2D eigenvalue weighted by Gasteiger charge is 2.36. The molecule has 1 heterocycles. The number of nitrogens with zero attached hydrogens (tertiary/aromatic N) is 1. The summed E-state index contributed by atoms with van der Waals surface area (Å²) in [6, 6.07) is -0.227. The Morgan fingerprint density at radius 2 is 2.00 bits per heavy atom. The van der Waals surface area contributed by atoms with Gasteiger partial charge < -0.3 is 14.7 Å². The van der Waals surface area contributed by atoms with Gasteiger partial charge in [0.2, 0.25) is 5.91 Å². The van der Waals surface area contributed by atoms with Crippen molar-refractivity contribution in [3.63, 3.8) is 0 Å². The van der Waals surface area contributed by atoms with E-state index in [1.165, 1.54) is 0 Å². The van der Waals surface area contributed by atoms with Crippen molar-refractivity contribution in [1.29, 1.82) is 0 Å². The SMILES string of the molecule is COC1CC(CC(=O)O)N(C(=O)CCC(C)(C)C)C1. The molecule has 1 amide bonds. The van der Waals surface area contributed by atoms with Gasteiger partial charge in [0.05, 0.1) is 12.5 Å². The van der Waals surface area contributed by atoms with Crippen molar-refractivity contribution in [3.8, 4) is 0 Å². The molecule has 1 N–H and O–H groups in total. The molecule has 2 atom stereocenters. The molecule has 0 aromatic carbocycles. The Kier molecular flexibility index (Phi) is 5.35. The third kappa shape index (κ3) is 5.19. The molecule has 5 heteroatoms. The van der Waals surface area contributed by atoms with Crippen molar-refractivity contribution in [2.24, 2.45) is 5.41 Å². The lowest BCUT2D eigenvalue weighted by molar-refractivity contribution is -0.140. The van der Waals surface area contributed by atoms with E-state index in [0.717, 1.165) is 6.42 Å². The predicted molar refractivity (Wildman–Crippen MR) is 71.9 cm³/mol. The minimum absolute atomic E-state index is 0.00111. The Labute approximate surface area is 114 Å². The highest BCUT2D eigenvalue weighted by molar-refractivity contribution is 5.78. The molecule has 0 aromatic rings. The molecule has 1 rings (SSSR count). The summed E-state index contributed by atoms with van der Waals surface area (Å²) < 4.78 is 5.26. The van der Waals surface area contributed by atoms with Gasteiger partial charge in [-0.15, -0.1) is 0 Å². The number of aliphatic carboxylic acids is 1. The average molecular weight is 271 g/mol. The van der Waals surface area contributed by atoms with E-state index in [1.54, 1.807) is 12.0 Å². The lowest BCUT2D eigenvalue weighted by atomic mass is 9.90. The van der Waals surface area contributed by atoms with Gasteiger partial charge in [-0.25, -0.2) is 0 Å². The summed E-state index contributed by atoms with van der Waals surface area (Å²) in [5.41, 5.74) is 0.109. The molecule has 0 bridgehead atoms. The van der Waals surface area contributed by atoms with E-state index >= 15 is 0 Å². The van der Waals surface area contributed by atoms with Gasteiger partial charge in [0.1, 0.15) is 0 Å². The first-order valence-electron chi connectivity index (χ1n) is 6.77. The monoisotopic (exact) mass is 271 g/mol. The molecule has 0 radical (unpaired) electrons. The highest BCUT2D eigenvalue weighted by atomic mass is 16.5. The first-order valence-corrected chi connectivity index (χ1v) is 6.77. The fourth-order valence-corrected chi connectivity index (χ4v) is 2.37. The first kappa shape index (κ1) is 16.0. The molecule has 1 saturated heterocycles. The number of carbonyl (C=O) groups excluding carboxylic acids is 1. The van der Waals surface area contributed by atoms with E-state index in [0.29, 0.717) is 19.4 Å². The molecular formula is C14H25NO4. The van der Waals surface area contributed by atoms with E-state index in [1.807, 2.05) is 0 Å². The van der Waals surface area contributed by atoms with Crippen LogP contribution in [0.3, 0.4) is 0 Å². The molecule has 1 aliphatic rings. The van der Waals surface area contributed by atoms with Crippen LogP contribution in [0.1, 0.15) is 46.5 Å². The van der Waals surface area contributed by atoms with E-state index in [-0.39, 0.29) is 29.9 Å². The molecule has 0 spiro atoms. The second kappa shape index (κ2) is 6.37. The van der Waals surface area contributed by atoms with Crippen LogP contribution in [0.25, 0.3) is 0 Å². The number of rotatable bonds is 5. The van der Waals surface area contributed by atoms with Crippen molar-refractivity contribution in [1.82, 2.24) is 4.90 Å². The van der Waals surface area contributed by atoms with Gasteiger partial charge >= 0.3 is 5.97 Å². The number of ether oxygens (including phenoxy) is 1. The maximum absolute atomic E-state index is 12.2. The maximum atomic E-state index is 12.2. The number of hydrogen-bond acceptors (Lipinski definition) is 3. The topological polar surface area (TPSA) is 66.8 Å². The van der Waals surface area contributed by atoms with Crippen molar-refractivity contribution in [2.75, 3.05) is 13.7 Å². The molecular weight excluding hydrogens is 246 g/mol. The van der Waals surface area contributed by atoms with Gasteiger partial charge in [-0.05, 0) is 18.3 Å². The molecule has 110 valence electrons. The largest absolute Gasteiger partial charge is 0.481 e. The Morgan fingerprint density at radius 1 is 1.37 bits per heavy atom. The maximum Gasteiger partial charge on any atom is 0.305 e. The van der Waals surface area contributed by atoms with Crippen molar-refractivity contribution in [3.05, 3.63) is 0 Å². The van der Waals surface area contributed by atoms with E-state index in [2.05, 4.69) is 20.8 Å². The zero-order valence-electron chi connectivity index (χ0n) is 12.3. The van der Waals surface area contributed by atoms with Gasteiger partial charge in [0.15, 0.2) is 0 Å². The number of carboxylic acids is 1. The lowest BCUT2D eigenvalue weighted by Crippen LogP contribution is -2.37.